The molecule has 141 heavy (non-hydrogen) atoms. The van der Waals surface area contributed by atoms with Gasteiger partial charge in [-0.2, -0.15) is 10.0 Å². The second-order valence-electron chi connectivity index (χ2n) is 38.4. The highest BCUT2D eigenvalue weighted by Gasteiger charge is 2.40. The van der Waals surface area contributed by atoms with E-state index in [0.717, 1.165) is 208 Å². The first kappa shape index (κ1) is 105. The number of aryl methyl sites for hydroxylation is 6. The molecule has 6 aromatic heterocycles. The van der Waals surface area contributed by atoms with Crippen LogP contribution in [0, 0.1) is 71.1 Å². The quantitative estimate of drug-likeness (QED) is 0.0429. The van der Waals surface area contributed by atoms with Crippen LogP contribution in [0.15, 0.2) is 109 Å². The van der Waals surface area contributed by atoms with Gasteiger partial charge in [0.15, 0.2) is 11.6 Å². The number of Topliss-reactive ketones (excluding diaryl/α,β-unsaturated/α-hetero) is 2. The fourth-order valence-electron chi connectivity index (χ4n) is 20.7. The fourth-order valence-corrected chi connectivity index (χ4v) is 20.8. The monoisotopic (exact) mass is 1960 g/mol. The average Bonchev–Trinajstić information content (AvgIpc) is 1.70. The van der Waals surface area contributed by atoms with Gasteiger partial charge in [0.05, 0.1) is 19.1 Å². The van der Waals surface area contributed by atoms with Crippen molar-refractivity contribution >= 4 is 47.2 Å². The van der Waals surface area contributed by atoms with Gasteiger partial charge in [0, 0.05) is 185 Å². The van der Waals surface area contributed by atoms with Crippen LogP contribution < -0.4 is 21.3 Å². The zero-order valence-corrected chi connectivity index (χ0v) is 83.6. The maximum atomic E-state index is 14.0. The van der Waals surface area contributed by atoms with E-state index in [1.165, 1.54) is 93.2 Å². The molecule has 4 saturated heterocycles. The second-order valence-corrected chi connectivity index (χ2v) is 38.9. The summed E-state index contributed by atoms with van der Waals surface area (Å²) in [6.45, 7) is 30.6. The molecule has 0 radical (unpaired) electrons. The van der Waals surface area contributed by atoms with Crippen molar-refractivity contribution in [2.75, 3.05) is 105 Å². The summed E-state index contributed by atoms with van der Waals surface area (Å²) in [5.74, 6) is 7.32. The Kier molecular flexibility index (Phi) is 40.9. The van der Waals surface area contributed by atoms with Crippen molar-refractivity contribution in [2.24, 2.45) is 29.6 Å². The van der Waals surface area contributed by atoms with Crippen molar-refractivity contribution in [3.05, 3.63) is 177 Å². The molecule has 9 fully saturated rings. The van der Waals surface area contributed by atoms with Gasteiger partial charge in [0.25, 0.3) is 0 Å². The second kappa shape index (κ2) is 55.0. The molecule has 42 nitrogen and oxygen atoms in total. The van der Waals surface area contributed by atoms with Crippen LogP contribution in [0.2, 0.25) is 5.02 Å². The van der Waals surface area contributed by atoms with Crippen molar-refractivity contribution < 1.29 is 38.2 Å². The van der Waals surface area contributed by atoms with E-state index in [-0.39, 0.29) is 41.9 Å². The fraction of sp³-hybridized carbons (Fsp3) is 0.633. The molecule has 5 saturated carbocycles. The number of rotatable bonds is 22. The minimum atomic E-state index is -0.649. The average molecular weight is 1960 g/mol. The van der Waals surface area contributed by atoms with Crippen LogP contribution in [-0.2, 0) is 94.0 Å². The summed E-state index contributed by atoms with van der Waals surface area (Å²) >= 11 is 6.13. The van der Waals surface area contributed by atoms with Crippen molar-refractivity contribution in [3.63, 3.8) is 0 Å². The zero-order chi connectivity index (χ0) is 98.4. The number of hydrogen-bond donors (Lipinski definition) is 5. The first-order chi connectivity index (χ1) is 68.8. The zero-order valence-electron chi connectivity index (χ0n) is 82.8. The molecule has 10 aromatic rings. The predicted molar refractivity (Wildman–Crippen MR) is 524 cm³/mol. The van der Waals surface area contributed by atoms with E-state index in [1.54, 1.807) is 23.4 Å². The van der Waals surface area contributed by atoms with Gasteiger partial charge in [-0.3, -0.25) is 33.9 Å². The Morgan fingerprint density at radius 1 is 0.426 bits per heavy atom. The number of carbonyl (C=O) groups is 6. The van der Waals surface area contributed by atoms with Crippen LogP contribution in [0.5, 0.6) is 0 Å². The standard InChI is InChI=1S/C32H41ClN8O2.C21H30N6O2.C13H24N6.C12H16N2O2.2C9H14N4O.C2H4N4/c1-22-36-37-38-41(22)21-26-8-4-5-9-30(26)39-14-16-40(17-15-39)32(43)29(18-23-10-12-27(33)13-11-23)35-31(42)28-19-24-6-2-3-7-25(24)20-34-28;1-17-22-23-24-27(17)15-19-9-5-6-10-20(19)25-11-13-26(14-12-25)21(28)29-16-18-7-3-2-4-8-18;1-11-15-16-17-19(11)10-12-4-2-3-5-13(12)18-8-6-14-7-9-18;15-12(14-8-6-13-7-9-14)16-10-11-4-2-1-3-5-11;1-7-10-11-12-13(7)6-8-4-2-3-5-9(8)14;1-7-10-12-13(11-7)6-8-4-2-3-5-9(8)14;1-2-3-5-6-4-2/h2-3,6-7,10-13,26,28-30,34H,4-5,8-9,14-21H2,1H3,(H,35,42);2-4,7-8,19-20H,5-6,9-16H2,1H3;12-14H,2-10H2,1H3;1-5,13H,6-10H2;2*8H,2-6H2,1H3;1H3,(H,3,4,5,6)/t26?,28?,29-,30?;19?,20-;12?,13-;;;;/m011..../s1. The van der Waals surface area contributed by atoms with Crippen molar-refractivity contribution in [1.29, 1.82) is 0 Å². The number of ketones is 2. The minimum Gasteiger partial charge on any atom is -0.445 e. The first-order valence-corrected chi connectivity index (χ1v) is 51.2. The van der Waals surface area contributed by atoms with Crippen molar-refractivity contribution in [3.8, 4) is 0 Å². The number of fused-ring (bicyclic) bond motifs is 1. The molecule has 4 amide bonds. The largest absolute Gasteiger partial charge is 0.445 e. The molecule has 43 heteroatoms. The molecule has 5 N–H and O–H groups in total. The molecule has 20 rings (SSSR count). The molecular formula is C98H143ClN34O8. The van der Waals surface area contributed by atoms with Crippen LogP contribution in [0.3, 0.4) is 0 Å². The van der Waals surface area contributed by atoms with Crippen molar-refractivity contribution in [2.45, 2.75) is 265 Å². The molecule has 5 aliphatic heterocycles. The lowest BCUT2D eigenvalue weighted by molar-refractivity contribution is -0.139. The molecule has 10 aliphatic rings. The van der Waals surface area contributed by atoms with Gasteiger partial charge in [-0.05, 0) is 217 Å². The third-order valence-corrected chi connectivity index (χ3v) is 29.0. The maximum absolute atomic E-state index is 14.0. The number of aromatic amines is 1. The molecule has 5 aliphatic carbocycles. The number of hydrogen-bond acceptors (Lipinski definition) is 32. The smallest absolute Gasteiger partial charge is 0.410 e. The molecular weight excluding hydrogens is 1820 g/mol. The third kappa shape index (κ3) is 32.3. The molecule has 11 heterocycles. The predicted octanol–water partition coefficient (Wildman–Crippen LogP) is 7.94. The molecule has 4 aromatic carbocycles. The van der Waals surface area contributed by atoms with E-state index in [9.17, 15) is 28.8 Å². The third-order valence-electron chi connectivity index (χ3n) is 28.7. The normalized spacial score (nSPS) is 22.5. The van der Waals surface area contributed by atoms with Gasteiger partial charge >= 0.3 is 12.2 Å². The highest BCUT2D eigenvalue weighted by atomic mass is 35.5. The van der Waals surface area contributed by atoms with Crippen LogP contribution in [0.25, 0.3) is 0 Å². The van der Waals surface area contributed by atoms with Gasteiger partial charge in [-0.1, -0.05) is 165 Å². The number of ether oxygens (including phenoxy) is 2. The Hall–Kier alpha value is -11.8. The van der Waals surface area contributed by atoms with Gasteiger partial charge < -0.3 is 45.4 Å². The van der Waals surface area contributed by atoms with E-state index in [1.807, 2.05) is 149 Å². The SMILES string of the molecule is Cc1nn[nH]n1.Cc1nnn(CC2CCCCC2=O)n1.Cc1nnnn1CC1CCCCC1=O.Cc1nnnn1CC1CCCCC1N1CCN(C(=O)[C@H](Cc2ccc(Cl)cc2)NC(=O)C2Cc3ccccc3CN2)CC1.Cc1nnnn1CC1CCCC[C@H]1N1CCN(C(=O)OCc2ccccc2)CC1.Cc1nnnn1CC1CCCC[C@H]1N1CCNCC1.O=C(OCc1ccccc1)N1CCNCC1. The van der Waals surface area contributed by atoms with E-state index >= 15 is 0 Å². The highest BCUT2D eigenvalue weighted by molar-refractivity contribution is 6.30. The number of amides is 4. The number of carbonyl (C=O) groups excluding carboxylic acids is 6. The van der Waals surface area contributed by atoms with Gasteiger partial charge in [-0.15, -0.1) is 40.8 Å². The molecule has 7 unspecified atom stereocenters. The summed E-state index contributed by atoms with van der Waals surface area (Å²) in [5.41, 5.74) is 5.39. The number of H-pyrrole nitrogens is 1. The van der Waals surface area contributed by atoms with E-state index in [4.69, 9.17) is 21.1 Å². The number of benzene rings is 4. The number of nitrogens with zero attached hydrogens (tertiary/aromatic N) is 29. The highest BCUT2D eigenvalue weighted by Crippen LogP contribution is 2.35. The van der Waals surface area contributed by atoms with E-state index in [2.05, 4.69) is 146 Å². The Labute approximate surface area is 830 Å². The summed E-state index contributed by atoms with van der Waals surface area (Å²) in [5, 5.41) is 85.3. The van der Waals surface area contributed by atoms with Gasteiger partial charge in [-0.25, -0.2) is 28.3 Å². The maximum Gasteiger partial charge on any atom is 0.410 e. The van der Waals surface area contributed by atoms with Gasteiger partial charge in [0.2, 0.25) is 11.8 Å². The molecule has 10 atom stereocenters. The summed E-state index contributed by atoms with van der Waals surface area (Å²) in [7, 11) is 0. The first-order valence-electron chi connectivity index (χ1n) is 50.9. The lowest BCUT2D eigenvalue weighted by atomic mass is 9.83. The summed E-state index contributed by atoms with van der Waals surface area (Å²) in [6, 6.07) is 35.9. The van der Waals surface area contributed by atoms with Crippen LogP contribution in [0.4, 0.5) is 9.59 Å². The number of aromatic nitrogens is 24. The van der Waals surface area contributed by atoms with Crippen LogP contribution in [-0.4, -0.2) is 322 Å². The minimum absolute atomic E-state index is 0.0244. The Morgan fingerprint density at radius 3 is 1.28 bits per heavy atom. The Morgan fingerprint density at radius 2 is 0.851 bits per heavy atom. The number of tetrazole rings is 6. The molecule has 0 spiro atoms. The lowest BCUT2D eigenvalue weighted by Crippen LogP contribution is -2.59. The van der Waals surface area contributed by atoms with Crippen molar-refractivity contribution in [1.82, 2.24) is 172 Å². The van der Waals surface area contributed by atoms with E-state index in [0.29, 0.717) is 117 Å². The lowest BCUT2D eigenvalue weighted by Gasteiger charge is -2.44. The number of piperazine rings is 4. The molecule has 0 bridgehead atoms. The number of halogens is 1. The Balaban J connectivity index is 0.000000140. The number of nitrogens with one attached hydrogen (secondary N) is 5. The van der Waals surface area contributed by atoms with Gasteiger partial charge in [0.1, 0.15) is 54.1 Å². The molecule has 760 valence electrons. The van der Waals surface area contributed by atoms with E-state index < -0.39 is 6.04 Å². The van der Waals surface area contributed by atoms with Crippen LogP contribution >= 0.6 is 11.6 Å². The summed E-state index contributed by atoms with van der Waals surface area (Å²) < 4.78 is 18.3. The van der Waals surface area contributed by atoms with Crippen LogP contribution in [0.1, 0.15) is 191 Å². The summed E-state index contributed by atoms with van der Waals surface area (Å²) in [6.07, 6.45) is 23.5. The Bertz CT molecular complexity index is 5400. The summed E-state index contributed by atoms with van der Waals surface area (Å²) in [4.78, 5) is 89.5. The topological polar surface area (TPSA) is 461 Å².